The zero-order valence-corrected chi connectivity index (χ0v) is 6.35. The summed E-state index contributed by atoms with van der Waals surface area (Å²) >= 11 is 0. The minimum Gasteiger partial charge on any atom is -0.465 e. The second-order valence-corrected chi connectivity index (χ2v) is 2.52. The van der Waals surface area contributed by atoms with Gasteiger partial charge in [0, 0.05) is 0 Å². The molecule has 0 aliphatic heterocycles. The number of hydrogen-bond donors (Lipinski definition) is 0. The number of esters is 1. The lowest BCUT2D eigenvalue weighted by atomic mass is 10.5. The molecule has 0 rings (SSSR count). The van der Waals surface area contributed by atoms with Crippen molar-refractivity contribution in [3.05, 3.63) is 0 Å². The molecule has 0 fully saturated rings. The summed E-state index contributed by atoms with van der Waals surface area (Å²) in [4.78, 5) is 10.5. The lowest BCUT2D eigenvalue weighted by Gasteiger charge is -2.00. The highest BCUT2D eigenvalue weighted by Gasteiger charge is 2.12. The fraction of sp³-hybridized carbons (Fsp3) is 0.800. The molecule has 0 amide bonds. The van der Waals surface area contributed by atoms with Crippen molar-refractivity contribution in [1.82, 2.24) is 0 Å². The van der Waals surface area contributed by atoms with Crippen LogP contribution in [0.3, 0.4) is 0 Å². The van der Waals surface area contributed by atoms with Crippen molar-refractivity contribution in [2.75, 3.05) is 6.61 Å². The number of ether oxygens (including phenoxy) is 1. The maximum absolute atomic E-state index is 10.5. The highest BCUT2D eigenvalue weighted by molar-refractivity contribution is 7.26. The average molecular weight is 148 g/mol. The molecule has 0 heterocycles. The van der Waals surface area contributed by atoms with E-state index in [1.165, 1.54) is 0 Å². The summed E-state index contributed by atoms with van der Waals surface area (Å²) < 4.78 is 14.6. The molecule has 9 heavy (non-hydrogen) atoms. The van der Waals surface area contributed by atoms with Gasteiger partial charge in [0.1, 0.15) is 5.66 Å². The predicted octanol–water partition coefficient (Wildman–Crippen LogP) is 1.23. The molecule has 0 aliphatic rings. The van der Waals surface area contributed by atoms with Gasteiger partial charge in [-0.25, -0.2) is 0 Å². The second-order valence-electron chi connectivity index (χ2n) is 1.53. The summed E-state index contributed by atoms with van der Waals surface area (Å²) in [6, 6.07) is 0. The SMILES string of the molecule is CCOC(=O)C(C)P=O. The Morgan fingerprint density at radius 1 is 1.78 bits per heavy atom. The van der Waals surface area contributed by atoms with Gasteiger partial charge in [-0.1, -0.05) is 0 Å². The quantitative estimate of drug-likeness (QED) is 0.446. The van der Waals surface area contributed by atoms with Gasteiger partial charge in [-0.2, -0.15) is 0 Å². The summed E-state index contributed by atoms with van der Waals surface area (Å²) in [6.07, 6.45) is 0. The van der Waals surface area contributed by atoms with E-state index in [1.807, 2.05) is 0 Å². The predicted molar refractivity (Wildman–Crippen MR) is 33.7 cm³/mol. The van der Waals surface area contributed by atoms with Crippen molar-refractivity contribution in [2.24, 2.45) is 0 Å². The van der Waals surface area contributed by atoms with E-state index in [2.05, 4.69) is 4.74 Å². The van der Waals surface area contributed by atoms with Crippen LogP contribution in [0.1, 0.15) is 13.8 Å². The molecule has 0 saturated heterocycles. The number of hydrogen-bond acceptors (Lipinski definition) is 3. The van der Waals surface area contributed by atoms with E-state index >= 15 is 0 Å². The molecule has 1 atom stereocenters. The van der Waals surface area contributed by atoms with E-state index in [-0.39, 0.29) is 8.46 Å². The van der Waals surface area contributed by atoms with Crippen LogP contribution >= 0.6 is 8.46 Å². The van der Waals surface area contributed by atoms with Gasteiger partial charge in [-0.05, 0) is 13.8 Å². The van der Waals surface area contributed by atoms with E-state index in [0.717, 1.165) is 0 Å². The van der Waals surface area contributed by atoms with Crippen molar-refractivity contribution in [3.63, 3.8) is 0 Å². The minimum absolute atomic E-state index is 0.177. The molecule has 3 nitrogen and oxygen atoms in total. The Kier molecular flexibility index (Phi) is 4.24. The Morgan fingerprint density at radius 2 is 2.33 bits per heavy atom. The van der Waals surface area contributed by atoms with Crippen LogP contribution < -0.4 is 0 Å². The van der Waals surface area contributed by atoms with Crippen LogP contribution in [-0.4, -0.2) is 18.2 Å². The molecule has 0 saturated carbocycles. The smallest absolute Gasteiger partial charge is 0.320 e. The van der Waals surface area contributed by atoms with Crippen molar-refractivity contribution < 1.29 is 14.1 Å². The van der Waals surface area contributed by atoms with Gasteiger partial charge in [0.2, 0.25) is 0 Å². The first kappa shape index (κ1) is 8.57. The van der Waals surface area contributed by atoms with Crippen LogP contribution in [0.5, 0.6) is 0 Å². The minimum atomic E-state index is -0.523. The van der Waals surface area contributed by atoms with E-state index < -0.39 is 11.6 Å². The van der Waals surface area contributed by atoms with Gasteiger partial charge >= 0.3 is 5.97 Å². The molecule has 4 heteroatoms. The fourth-order valence-corrected chi connectivity index (χ4v) is 0.466. The van der Waals surface area contributed by atoms with E-state index in [1.54, 1.807) is 13.8 Å². The first-order valence-corrected chi connectivity index (χ1v) is 3.59. The van der Waals surface area contributed by atoms with Crippen molar-refractivity contribution in [1.29, 1.82) is 0 Å². The van der Waals surface area contributed by atoms with Crippen LogP contribution in [0.4, 0.5) is 0 Å². The van der Waals surface area contributed by atoms with Gasteiger partial charge in [-0.3, -0.25) is 9.36 Å². The van der Waals surface area contributed by atoms with Gasteiger partial charge < -0.3 is 4.74 Å². The highest BCUT2D eigenvalue weighted by Crippen LogP contribution is 2.05. The molecule has 0 aromatic carbocycles. The molecule has 0 radical (unpaired) electrons. The molecule has 52 valence electrons. The molecule has 0 spiro atoms. The Labute approximate surface area is 55.6 Å². The van der Waals surface area contributed by atoms with Crippen LogP contribution in [0.25, 0.3) is 0 Å². The summed E-state index contributed by atoms with van der Waals surface area (Å²) in [5, 5.41) is 0. The summed E-state index contributed by atoms with van der Waals surface area (Å²) in [5.74, 6) is -0.408. The fourth-order valence-electron chi connectivity index (χ4n) is 0.306. The molecule has 0 aliphatic carbocycles. The number of carbonyl (C=O) groups is 1. The Balaban J connectivity index is 3.58. The summed E-state index contributed by atoms with van der Waals surface area (Å²) in [7, 11) is -0.177. The zero-order chi connectivity index (χ0) is 7.28. The number of carbonyl (C=O) groups excluding carboxylic acids is 1. The topological polar surface area (TPSA) is 43.4 Å². The third kappa shape index (κ3) is 3.20. The van der Waals surface area contributed by atoms with Crippen molar-refractivity contribution >= 4 is 14.4 Å². The third-order valence-corrected chi connectivity index (χ3v) is 1.31. The van der Waals surface area contributed by atoms with Crippen LogP contribution in [-0.2, 0) is 14.1 Å². The molecule has 0 bridgehead atoms. The van der Waals surface area contributed by atoms with Crippen molar-refractivity contribution in [2.45, 2.75) is 19.5 Å². The van der Waals surface area contributed by atoms with E-state index in [9.17, 15) is 9.36 Å². The van der Waals surface area contributed by atoms with Crippen molar-refractivity contribution in [3.8, 4) is 0 Å². The third-order valence-electron chi connectivity index (χ3n) is 0.786. The van der Waals surface area contributed by atoms with Crippen LogP contribution in [0.2, 0.25) is 0 Å². The summed E-state index contributed by atoms with van der Waals surface area (Å²) in [6.45, 7) is 3.61. The first-order chi connectivity index (χ1) is 4.22. The maximum atomic E-state index is 10.5. The van der Waals surface area contributed by atoms with E-state index in [0.29, 0.717) is 6.61 Å². The maximum Gasteiger partial charge on any atom is 0.320 e. The lowest BCUT2D eigenvalue weighted by molar-refractivity contribution is -0.142. The first-order valence-electron chi connectivity index (χ1n) is 2.71. The van der Waals surface area contributed by atoms with Gasteiger partial charge in [0.25, 0.3) is 0 Å². The Bertz CT molecular complexity index is 113. The zero-order valence-electron chi connectivity index (χ0n) is 5.46. The molecule has 0 N–H and O–H groups in total. The Morgan fingerprint density at radius 3 is 2.67 bits per heavy atom. The highest BCUT2D eigenvalue weighted by atomic mass is 31.1. The van der Waals surface area contributed by atoms with Crippen LogP contribution in [0, 0.1) is 0 Å². The monoisotopic (exact) mass is 148 g/mol. The standard InChI is InChI=1S/C5H9O3P/c1-3-8-5(6)4(2)9-7/h4H,3H2,1-2H3. The largest absolute Gasteiger partial charge is 0.465 e. The molecule has 0 aromatic heterocycles. The van der Waals surface area contributed by atoms with Gasteiger partial charge in [0.15, 0.2) is 8.46 Å². The van der Waals surface area contributed by atoms with Crippen LogP contribution in [0.15, 0.2) is 0 Å². The second kappa shape index (κ2) is 4.45. The molecule has 0 aromatic rings. The average Bonchev–Trinajstić information content (AvgIpc) is 1.87. The lowest BCUT2D eigenvalue weighted by Crippen LogP contribution is -2.13. The molecule has 1 unspecified atom stereocenters. The number of rotatable bonds is 3. The molecular weight excluding hydrogens is 139 g/mol. The Hall–Kier alpha value is -0.430. The summed E-state index contributed by atoms with van der Waals surface area (Å²) in [5.41, 5.74) is -0.523. The van der Waals surface area contributed by atoms with Gasteiger partial charge in [0.05, 0.1) is 6.61 Å². The van der Waals surface area contributed by atoms with E-state index in [4.69, 9.17) is 0 Å². The normalized spacial score (nSPS) is 13.1. The van der Waals surface area contributed by atoms with Gasteiger partial charge in [-0.15, -0.1) is 0 Å². The molecular formula is C5H9O3P.